The Morgan fingerprint density at radius 3 is 2.74 bits per heavy atom. The van der Waals surface area contributed by atoms with Crippen LogP contribution in [0.25, 0.3) is 11.3 Å². The Bertz CT molecular complexity index is 911. The molecule has 0 spiro atoms. The molecule has 2 aromatic heterocycles. The summed E-state index contributed by atoms with van der Waals surface area (Å²) in [5.74, 6) is 3.30. The predicted molar refractivity (Wildman–Crippen MR) is 107 cm³/mol. The Balaban J connectivity index is 1.36. The van der Waals surface area contributed by atoms with Crippen molar-refractivity contribution in [3.8, 4) is 17.1 Å². The topological polar surface area (TPSA) is 65.2 Å². The van der Waals surface area contributed by atoms with Gasteiger partial charge in [0.05, 0.1) is 29.8 Å². The summed E-state index contributed by atoms with van der Waals surface area (Å²) >= 11 is 1.70. The summed E-state index contributed by atoms with van der Waals surface area (Å²) in [6, 6.07) is 7.58. The van der Waals surface area contributed by atoms with E-state index in [0.717, 1.165) is 17.0 Å². The predicted octanol–water partition coefficient (Wildman–Crippen LogP) is 4.91. The van der Waals surface area contributed by atoms with Crippen LogP contribution in [0.3, 0.4) is 0 Å². The molecule has 0 amide bonds. The van der Waals surface area contributed by atoms with Crippen molar-refractivity contribution in [2.75, 3.05) is 7.11 Å². The second-order valence-electron chi connectivity index (χ2n) is 6.73. The van der Waals surface area contributed by atoms with Gasteiger partial charge in [0.1, 0.15) is 11.5 Å². The van der Waals surface area contributed by atoms with E-state index >= 15 is 0 Å². The van der Waals surface area contributed by atoms with E-state index in [4.69, 9.17) is 14.1 Å². The first kappa shape index (κ1) is 18.4. The zero-order valence-corrected chi connectivity index (χ0v) is 16.9. The number of oxazole rings is 1. The fourth-order valence-electron chi connectivity index (χ4n) is 3.37. The molecule has 1 aliphatic carbocycles. The number of thiazole rings is 1. The molecule has 1 aromatic carbocycles. The van der Waals surface area contributed by atoms with Gasteiger partial charge < -0.3 is 9.15 Å². The van der Waals surface area contributed by atoms with Crippen LogP contribution in [0, 0.1) is 0 Å². The van der Waals surface area contributed by atoms with Crippen molar-refractivity contribution in [1.29, 1.82) is 0 Å². The molecule has 5 nitrogen and oxygen atoms in total. The van der Waals surface area contributed by atoms with Gasteiger partial charge in [0.2, 0.25) is 5.89 Å². The van der Waals surface area contributed by atoms with E-state index in [1.165, 1.54) is 30.7 Å². The van der Waals surface area contributed by atoms with E-state index in [1.54, 1.807) is 24.6 Å². The van der Waals surface area contributed by atoms with E-state index in [0.29, 0.717) is 29.1 Å². The van der Waals surface area contributed by atoms with Gasteiger partial charge >= 0.3 is 0 Å². The summed E-state index contributed by atoms with van der Waals surface area (Å²) in [5.41, 5.74) is 1.84. The zero-order chi connectivity index (χ0) is 18.6. The third-order valence-electron chi connectivity index (χ3n) is 4.80. The van der Waals surface area contributed by atoms with Gasteiger partial charge in [0.15, 0.2) is 5.76 Å². The Morgan fingerprint density at radius 1 is 1.22 bits per heavy atom. The summed E-state index contributed by atoms with van der Waals surface area (Å²) in [7, 11) is 0.544. The van der Waals surface area contributed by atoms with E-state index < -0.39 is 10.8 Å². The Morgan fingerprint density at radius 2 is 2.00 bits per heavy atom. The van der Waals surface area contributed by atoms with Crippen molar-refractivity contribution in [3.63, 3.8) is 0 Å². The lowest BCUT2D eigenvalue weighted by Crippen LogP contribution is -2.01. The van der Waals surface area contributed by atoms with Gasteiger partial charge in [-0.2, -0.15) is 0 Å². The lowest BCUT2D eigenvalue weighted by atomic mass is 10.1. The van der Waals surface area contributed by atoms with Gasteiger partial charge in [-0.15, -0.1) is 11.3 Å². The minimum Gasteiger partial charge on any atom is -0.497 e. The molecule has 0 radical (unpaired) electrons. The van der Waals surface area contributed by atoms with Crippen molar-refractivity contribution >= 4 is 22.1 Å². The molecule has 3 aromatic rings. The summed E-state index contributed by atoms with van der Waals surface area (Å²) < 4.78 is 23.4. The first-order chi connectivity index (χ1) is 13.2. The number of nitrogens with zero attached hydrogens (tertiary/aromatic N) is 2. The highest BCUT2D eigenvalue weighted by Crippen LogP contribution is 2.35. The average molecular weight is 403 g/mol. The standard InChI is InChI=1S/C20H22N2O3S2/c1-24-17-8-6-14(7-9-17)18-10-21-19(25-18)13-27(23)12-16-11-26-20(22-16)15-4-2-3-5-15/h6-11,15H,2-5,12-13H2,1H3. The van der Waals surface area contributed by atoms with Crippen LogP contribution in [0.4, 0.5) is 0 Å². The lowest BCUT2D eigenvalue weighted by Gasteiger charge is -2.02. The van der Waals surface area contributed by atoms with E-state index in [1.807, 2.05) is 29.6 Å². The number of rotatable bonds is 7. The van der Waals surface area contributed by atoms with Gasteiger partial charge in [-0.1, -0.05) is 12.8 Å². The number of benzene rings is 1. The van der Waals surface area contributed by atoms with E-state index in [-0.39, 0.29) is 0 Å². The summed E-state index contributed by atoms with van der Waals surface area (Å²) in [4.78, 5) is 8.98. The zero-order valence-electron chi connectivity index (χ0n) is 15.2. The van der Waals surface area contributed by atoms with Crippen LogP contribution in [0.5, 0.6) is 5.75 Å². The molecule has 0 saturated heterocycles. The molecule has 142 valence electrons. The quantitative estimate of drug-likeness (QED) is 0.562. The smallest absolute Gasteiger partial charge is 0.207 e. The first-order valence-corrected chi connectivity index (χ1v) is 11.5. The van der Waals surface area contributed by atoms with Crippen molar-refractivity contribution in [2.45, 2.75) is 43.1 Å². The molecule has 1 aliphatic rings. The minimum atomic E-state index is -1.09. The lowest BCUT2D eigenvalue weighted by molar-refractivity contribution is 0.415. The number of aromatic nitrogens is 2. The van der Waals surface area contributed by atoms with Crippen molar-refractivity contribution < 1.29 is 13.4 Å². The summed E-state index contributed by atoms with van der Waals surface area (Å²) in [6.07, 6.45) is 6.74. The third-order valence-corrected chi connectivity index (χ3v) is 7.04. The van der Waals surface area contributed by atoms with E-state index in [2.05, 4.69) is 4.98 Å². The van der Waals surface area contributed by atoms with Crippen LogP contribution < -0.4 is 4.74 Å². The molecule has 0 N–H and O–H groups in total. The van der Waals surface area contributed by atoms with Crippen molar-refractivity contribution in [2.24, 2.45) is 0 Å². The maximum atomic E-state index is 12.5. The summed E-state index contributed by atoms with van der Waals surface area (Å²) in [5, 5.41) is 3.25. The largest absolute Gasteiger partial charge is 0.497 e. The molecule has 1 saturated carbocycles. The third kappa shape index (κ3) is 4.47. The number of hydrogen-bond acceptors (Lipinski definition) is 6. The normalized spacial score (nSPS) is 15.9. The van der Waals surface area contributed by atoms with Gasteiger partial charge in [0, 0.05) is 27.7 Å². The molecule has 1 fully saturated rings. The molecule has 7 heteroatoms. The van der Waals surface area contributed by atoms with Crippen molar-refractivity contribution in [1.82, 2.24) is 9.97 Å². The highest BCUT2D eigenvalue weighted by Gasteiger charge is 2.20. The maximum Gasteiger partial charge on any atom is 0.207 e. The van der Waals surface area contributed by atoms with Crippen LogP contribution in [0.2, 0.25) is 0 Å². The molecular weight excluding hydrogens is 380 g/mol. The highest BCUT2D eigenvalue weighted by atomic mass is 32.2. The van der Waals surface area contributed by atoms with Crippen LogP contribution in [0.15, 0.2) is 40.3 Å². The first-order valence-electron chi connectivity index (χ1n) is 9.09. The fourth-order valence-corrected chi connectivity index (χ4v) is 5.45. The fraction of sp³-hybridized carbons (Fsp3) is 0.400. The van der Waals surface area contributed by atoms with Crippen LogP contribution in [-0.4, -0.2) is 21.3 Å². The molecule has 0 aliphatic heterocycles. The van der Waals surface area contributed by atoms with Crippen LogP contribution >= 0.6 is 11.3 Å². The maximum absolute atomic E-state index is 12.5. The van der Waals surface area contributed by atoms with Gasteiger partial charge in [-0.05, 0) is 37.1 Å². The van der Waals surface area contributed by atoms with Gasteiger partial charge in [0.25, 0.3) is 0 Å². The molecule has 27 heavy (non-hydrogen) atoms. The Labute approximate surface area is 165 Å². The Kier molecular flexibility index (Phi) is 5.69. The highest BCUT2D eigenvalue weighted by molar-refractivity contribution is 7.83. The molecule has 4 rings (SSSR count). The molecule has 2 heterocycles. The van der Waals surface area contributed by atoms with Crippen LogP contribution in [-0.2, 0) is 22.3 Å². The van der Waals surface area contributed by atoms with Crippen molar-refractivity contribution in [3.05, 3.63) is 52.4 Å². The number of ether oxygens (including phenoxy) is 1. The summed E-state index contributed by atoms with van der Waals surface area (Å²) in [6.45, 7) is 0. The molecule has 1 atom stereocenters. The number of methoxy groups -OCH3 is 1. The van der Waals surface area contributed by atoms with E-state index in [9.17, 15) is 4.21 Å². The average Bonchev–Trinajstić information content (AvgIpc) is 3.43. The number of hydrogen-bond donors (Lipinski definition) is 0. The molecular formula is C20H22N2O3S2. The molecule has 0 bridgehead atoms. The Hall–Kier alpha value is -1.99. The minimum absolute atomic E-state index is 0.298. The van der Waals surface area contributed by atoms with Gasteiger partial charge in [-0.25, -0.2) is 9.97 Å². The molecule has 1 unspecified atom stereocenters. The second-order valence-corrected chi connectivity index (χ2v) is 9.08. The second kappa shape index (κ2) is 8.35. The SMILES string of the molecule is COc1ccc(-c2cnc(CS(=O)Cc3csc(C4CCCC4)n3)o2)cc1. The van der Waals surface area contributed by atoms with Crippen LogP contribution in [0.1, 0.15) is 48.2 Å². The monoisotopic (exact) mass is 402 g/mol. The van der Waals surface area contributed by atoms with Gasteiger partial charge in [-0.3, -0.25) is 4.21 Å².